The average Bonchev–Trinajstić information content (AvgIpc) is 2.94. The number of nitrogens with zero attached hydrogens (tertiary/aromatic N) is 3. The van der Waals surface area contributed by atoms with E-state index in [0.717, 1.165) is 0 Å². The van der Waals surface area contributed by atoms with Gasteiger partial charge in [-0.15, -0.1) is 0 Å². The molecule has 8 nitrogen and oxygen atoms in total. The molecule has 3 heterocycles. The first kappa shape index (κ1) is 12.3. The van der Waals surface area contributed by atoms with Crippen molar-refractivity contribution in [2.24, 2.45) is 0 Å². The summed E-state index contributed by atoms with van der Waals surface area (Å²) in [5, 5.41) is 29.4. The van der Waals surface area contributed by atoms with Crippen molar-refractivity contribution in [3.63, 3.8) is 0 Å². The Morgan fingerprint density at radius 3 is 2.79 bits per heavy atom. The van der Waals surface area contributed by atoms with Crippen LogP contribution in [0.5, 0.6) is 0 Å². The largest absolute Gasteiger partial charge is 0.394 e. The Bertz CT molecular complexity index is 601. The average molecular weight is 266 g/mol. The number of anilines is 1. The van der Waals surface area contributed by atoms with Gasteiger partial charge in [0.1, 0.15) is 36.1 Å². The monoisotopic (exact) mass is 266 g/mol. The Morgan fingerprint density at radius 1 is 1.32 bits per heavy atom. The summed E-state index contributed by atoms with van der Waals surface area (Å²) in [6.07, 6.45) is -0.975. The second-order valence-electron chi connectivity index (χ2n) is 4.45. The third-order valence-electron chi connectivity index (χ3n) is 3.33. The maximum Gasteiger partial charge on any atom is 0.164 e. The molecule has 5 N–H and O–H groups in total. The molecule has 1 fully saturated rings. The molecule has 2 aromatic heterocycles. The SMILES string of the molecule is Nc1ncnc2c1ccn2C1O[C@H](CO)C(O)[C@@H]1O. The molecule has 0 bridgehead atoms. The van der Waals surface area contributed by atoms with Crippen molar-refractivity contribution in [3.05, 3.63) is 18.6 Å². The Hall–Kier alpha value is -1.74. The number of hydrogen-bond donors (Lipinski definition) is 4. The van der Waals surface area contributed by atoms with Crippen LogP contribution in [0.15, 0.2) is 18.6 Å². The van der Waals surface area contributed by atoms with Crippen LogP contribution in [0.1, 0.15) is 6.23 Å². The Labute approximate surface area is 108 Å². The van der Waals surface area contributed by atoms with Crippen LogP contribution in [-0.4, -0.2) is 54.8 Å². The topological polar surface area (TPSA) is 127 Å². The van der Waals surface area contributed by atoms with Crippen LogP contribution < -0.4 is 5.73 Å². The van der Waals surface area contributed by atoms with Crippen LogP contribution in [0.3, 0.4) is 0 Å². The lowest BCUT2D eigenvalue weighted by molar-refractivity contribution is -0.0508. The zero-order chi connectivity index (χ0) is 13.6. The summed E-state index contributed by atoms with van der Waals surface area (Å²) < 4.78 is 7.01. The van der Waals surface area contributed by atoms with Gasteiger partial charge in [-0.25, -0.2) is 9.97 Å². The molecule has 3 rings (SSSR count). The fourth-order valence-corrected chi connectivity index (χ4v) is 2.31. The van der Waals surface area contributed by atoms with Crippen LogP contribution in [0, 0.1) is 0 Å². The van der Waals surface area contributed by atoms with Gasteiger partial charge in [-0.05, 0) is 6.07 Å². The number of aromatic nitrogens is 3. The molecule has 0 aromatic carbocycles. The van der Waals surface area contributed by atoms with E-state index in [9.17, 15) is 10.2 Å². The van der Waals surface area contributed by atoms with E-state index in [1.54, 1.807) is 16.8 Å². The number of ether oxygens (including phenoxy) is 1. The zero-order valence-electron chi connectivity index (χ0n) is 9.92. The third kappa shape index (κ3) is 1.77. The summed E-state index contributed by atoms with van der Waals surface area (Å²) in [7, 11) is 0. The molecule has 1 aliphatic heterocycles. The number of hydrogen-bond acceptors (Lipinski definition) is 7. The maximum absolute atomic E-state index is 9.98. The second kappa shape index (κ2) is 4.42. The summed E-state index contributed by atoms with van der Waals surface area (Å²) >= 11 is 0. The van der Waals surface area contributed by atoms with Gasteiger partial charge in [-0.3, -0.25) is 0 Å². The lowest BCUT2D eigenvalue weighted by Crippen LogP contribution is -2.33. The zero-order valence-corrected chi connectivity index (χ0v) is 9.92. The summed E-state index contributed by atoms with van der Waals surface area (Å²) in [6, 6.07) is 1.71. The van der Waals surface area contributed by atoms with Crippen LogP contribution in [-0.2, 0) is 4.74 Å². The second-order valence-corrected chi connectivity index (χ2v) is 4.45. The van der Waals surface area contributed by atoms with E-state index in [2.05, 4.69) is 9.97 Å². The van der Waals surface area contributed by atoms with Crippen molar-refractivity contribution >= 4 is 16.9 Å². The molecule has 0 spiro atoms. The molecule has 8 heteroatoms. The molecule has 0 aliphatic carbocycles. The molecule has 1 aliphatic rings. The number of aliphatic hydroxyl groups excluding tert-OH is 3. The van der Waals surface area contributed by atoms with Crippen LogP contribution in [0.2, 0.25) is 0 Å². The molecular formula is C11H14N4O4. The predicted molar refractivity (Wildman–Crippen MR) is 64.9 cm³/mol. The van der Waals surface area contributed by atoms with E-state index in [0.29, 0.717) is 16.9 Å². The van der Waals surface area contributed by atoms with Gasteiger partial charge in [0.25, 0.3) is 0 Å². The Balaban J connectivity index is 2.04. The summed E-state index contributed by atoms with van der Waals surface area (Å²) in [5.74, 6) is 0.329. The number of fused-ring (bicyclic) bond motifs is 1. The normalized spacial score (nSPS) is 31.1. The van der Waals surface area contributed by atoms with Crippen molar-refractivity contribution in [1.29, 1.82) is 0 Å². The van der Waals surface area contributed by atoms with Crippen molar-refractivity contribution in [2.45, 2.75) is 24.5 Å². The highest BCUT2D eigenvalue weighted by Crippen LogP contribution is 2.32. The smallest absolute Gasteiger partial charge is 0.164 e. The molecule has 2 unspecified atom stereocenters. The highest BCUT2D eigenvalue weighted by Gasteiger charge is 2.43. The summed E-state index contributed by atoms with van der Waals surface area (Å²) in [5.41, 5.74) is 6.23. The molecule has 0 radical (unpaired) electrons. The molecule has 2 aromatic rings. The molecule has 19 heavy (non-hydrogen) atoms. The van der Waals surface area contributed by atoms with Gasteiger partial charge in [0.05, 0.1) is 12.0 Å². The first-order valence-electron chi connectivity index (χ1n) is 5.83. The predicted octanol–water partition coefficient (Wildman–Crippen LogP) is -1.38. The highest BCUT2D eigenvalue weighted by atomic mass is 16.6. The highest BCUT2D eigenvalue weighted by molar-refractivity contribution is 5.86. The molecule has 4 atom stereocenters. The van der Waals surface area contributed by atoms with Gasteiger partial charge in [0.2, 0.25) is 0 Å². The van der Waals surface area contributed by atoms with Gasteiger partial charge in [0.15, 0.2) is 6.23 Å². The molecule has 1 saturated heterocycles. The molecular weight excluding hydrogens is 252 g/mol. The number of aliphatic hydroxyl groups is 3. The van der Waals surface area contributed by atoms with Crippen LogP contribution >= 0.6 is 0 Å². The Kier molecular flexibility index (Phi) is 2.86. The van der Waals surface area contributed by atoms with E-state index in [-0.39, 0.29) is 6.61 Å². The standard InChI is InChI=1S/C11H14N4O4/c12-9-5-1-2-15(10(5)14-4-13-9)11-8(18)7(17)6(3-16)19-11/h1-2,4,6-8,11,16-18H,3H2,(H2,12,13,14)/t6-,7?,8+,11?/m1/s1. The first-order valence-corrected chi connectivity index (χ1v) is 5.83. The fourth-order valence-electron chi connectivity index (χ4n) is 2.31. The maximum atomic E-state index is 9.98. The van der Waals surface area contributed by atoms with E-state index in [4.69, 9.17) is 15.6 Å². The first-order chi connectivity index (χ1) is 9.13. The van der Waals surface area contributed by atoms with Gasteiger partial charge in [-0.1, -0.05) is 0 Å². The lowest BCUT2D eigenvalue weighted by atomic mass is 10.1. The minimum Gasteiger partial charge on any atom is -0.394 e. The quantitative estimate of drug-likeness (QED) is 0.528. The third-order valence-corrected chi connectivity index (χ3v) is 3.33. The fraction of sp³-hybridized carbons (Fsp3) is 0.455. The molecule has 0 amide bonds. The Morgan fingerprint density at radius 2 is 2.11 bits per heavy atom. The lowest BCUT2D eigenvalue weighted by Gasteiger charge is -2.17. The van der Waals surface area contributed by atoms with Crippen LogP contribution in [0.25, 0.3) is 11.0 Å². The van der Waals surface area contributed by atoms with Crippen molar-refractivity contribution in [1.82, 2.24) is 14.5 Å². The van der Waals surface area contributed by atoms with Gasteiger partial charge in [0, 0.05) is 6.20 Å². The van der Waals surface area contributed by atoms with Crippen LogP contribution in [0.4, 0.5) is 5.82 Å². The van der Waals surface area contributed by atoms with Gasteiger partial charge >= 0.3 is 0 Å². The van der Waals surface area contributed by atoms with Gasteiger partial charge < -0.3 is 30.4 Å². The molecule has 102 valence electrons. The van der Waals surface area contributed by atoms with E-state index >= 15 is 0 Å². The number of nitrogen functional groups attached to an aromatic ring is 1. The number of nitrogens with two attached hydrogens (primary N) is 1. The van der Waals surface area contributed by atoms with Crippen molar-refractivity contribution in [3.8, 4) is 0 Å². The van der Waals surface area contributed by atoms with Gasteiger partial charge in [-0.2, -0.15) is 0 Å². The minimum atomic E-state index is -1.15. The van der Waals surface area contributed by atoms with Crippen molar-refractivity contribution in [2.75, 3.05) is 12.3 Å². The molecule has 0 saturated carbocycles. The van der Waals surface area contributed by atoms with E-state index < -0.39 is 24.5 Å². The van der Waals surface area contributed by atoms with E-state index in [1.807, 2.05) is 0 Å². The van der Waals surface area contributed by atoms with Crippen molar-refractivity contribution < 1.29 is 20.1 Å². The van der Waals surface area contributed by atoms with E-state index in [1.165, 1.54) is 6.33 Å². The minimum absolute atomic E-state index is 0.329. The number of rotatable bonds is 2. The summed E-state index contributed by atoms with van der Waals surface area (Å²) in [4.78, 5) is 7.97. The summed E-state index contributed by atoms with van der Waals surface area (Å²) in [6.45, 7) is -0.370.